The van der Waals surface area contributed by atoms with Gasteiger partial charge in [0.25, 0.3) is 0 Å². The van der Waals surface area contributed by atoms with Gasteiger partial charge in [-0.2, -0.15) is 5.26 Å². The summed E-state index contributed by atoms with van der Waals surface area (Å²) in [7, 11) is 0. The Morgan fingerprint density at radius 1 is 1.53 bits per heavy atom. The van der Waals surface area contributed by atoms with Gasteiger partial charge in [0, 0.05) is 11.1 Å². The first-order valence-corrected chi connectivity index (χ1v) is 5.95. The van der Waals surface area contributed by atoms with E-state index in [2.05, 4.69) is 16.4 Å². The quantitative estimate of drug-likeness (QED) is 0.813. The van der Waals surface area contributed by atoms with E-state index in [1.807, 2.05) is 13.1 Å². The van der Waals surface area contributed by atoms with E-state index < -0.39 is 0 Å². The van der Waals surface area contributed by atoms with E-state index in [0.29, 0.717) is 17.8 Å². The maximum absolute atomic E-state index is 8.81. The van der Waals surface area contributed by atoms with Crippen molar-refractivity contribution < 1.29 is 0 Å². The van der Waals surface area contributed by atoms with Crippen LogP contribution in [-0.2, 0) is 6.54 Å². The SMILES string of the molecule is Cc1cnc(CNc2cc(C#N)ccc2N)s1. The molecule has 2 rings (SSSR count). The van der Waals surface area contributed by atoms with Gasteiger partial charge in [-0.05, 0) is 25.1 Å². The van der Waals surface area contributed by atoms with E-state index in [4.69, 9.17) is 11.0 Å². The molecule has 2 aromatic rings. The molecule has 17 heavy (non-hydrogen) atoms. The summed E-state index contributed by atoms with van der Waals surface area (Å²) in [5.74, 6) is 0. The third kappa shape index (κ3) is 2.74. The minimum absolute atomic E-state index is 0.594. The Balaban J connectivity index is 2.11. The summed E-state index contributed by atoms with van der Waals surface area (Å²) in [6.45, 7) is 2.64. The number of thiazole rings is 1. The predicted molar refractivity (Wildman–Crippen MR) is 69.7 cm³/mol. The molecule has 0 aliphatic heterocycles. The highest BCUT2D eigenvalue weighted by atomic mass is 32.1. The van der Waals surface area contributed by atoms with Crippen LogP contribution < -0.4 is 11.1 Å². The average Bonchev–Trinajstić information content (AvgIpc) is 2.74. The lowest BCUT2D eigenvalue weighted by atomic mass is 10.2. The number of benzene rings is 1. The number of nitrogen functional groups attached to an aromatic ring is 1. The molecule has 0 radical (unpaired) electrons. The molecule has 0 aliphatic carbocycles. The molecule has 1 heterocycles. The van der Waals surface area contributed by atoms with Crippen LogP contribution in [0.1, 0.15) is 15.4 Å². The number of hydrogen-bond donors (Lipinski definition) is 2. The first kappa shape index (κ1) is 11.4. The summed E-state index contributed by atoms with van der Waals surface area (Å²) >= 11 is 1.64. The van der Waals surface area contributed by atoms with Crippen LogP contribution in [0.2, 0.25) is 0 Å². The fourth-order valence-corrected chi connectivity index (χ4v) is 2.16. The number of nitrogens with zero attached hydrogens (tertiary/aromatic N) is 2. The van der Waals surface area contributed by atoms with Crippen LogP contribution in [-0.4, -0.2) is 4.98 Å². The summed E-state index contributed by atoms with van der Waals surface area (Å²) in [6.07, 6.45) is 1.84. The molecule has 0 aliphatic rings. The molecule has 0 fully saturated rings. The molecule has 0 amide bonds. The molecule has 0 spiro atoms. The largest absolute Gasteiger partial charge is 0.397 e. The molecule has 1 aromatic heterocycles. The molecule has 0 bridgehead atoms. The zero-order valence-electron chi connectivity index (χ0n) is 9.40. The molecule has 4 nitrogen and oxygen atoms in total. The van der Waals surface area contributed by atoms with E-state index in [-0.39, 0.29) is 0 Å². The first-order valence-electron chi connectivity index (χ1n) is 5.14. The van der Waals surface area contributed by atoms with Gasteiger partial charge in [0.15, 0.2) is 0 Å². The summed E-state index contributed by atoms with van der Waals surface area (Å²) in [6, 6.07) is 7.27. The van der Waals surface area contributed by atoms with Gasteiger partial charge in [-0.25, -0.2) is 4.98 Å². The van der Waals surface area contributed by atoms with Crippen LogP contribution in [0.5, 0.6) is 0 Å². The van der Waals surface area contributed by atoms with E-state index in [0.717, 1.165) is 10.7 Å². The molecular weight excluding hydrogens is 232 g/mol. The second-order valence-electron chi connectivity index (χ2n) is 3.63. The van der Waals surface area contributed by atoms with Crippen LogP contribution in [0, 0.1) is 18.3 Å². The van der Waals surface area contributed by atoms with Crippen molar-refractivity contribution in [1.82, 2.24) is 4.98 Å². The summed E-state index contributed by atoms with van der Waals surface area (Å²) < 4.78 is 0. The van der Waals surface area contributed by atoms with Crippen molar-refractivity contribution in [2.75, 3.05) is 11.1 Å². The summed E-state index contributed by atoms with van der Waals surface area (Å²) in [4.78, 5) is 5.43. The Labute approximate surface area is 104 Å². The number of aryl methyl sites for hydroxylation is 1. The van der Waals surface area contributed by atoms with Crippen molar-refractivity contribution in [2.24, 2.45) is 0 Å². The molecule has 1 aromatic carbocycles. The number of nitrogens with one attached hydrogen (secondary N) is 1. The van der Waals surface area contributed by atoms with Crippen molar-refractivity contribution >= 4 is 22.7 Å². The molecule has 0 saturated carbocycles. The minimum atomic E-state index is 0.594. The summed E-state index contributed by atoms with van der Waals surface area (Å²) in [5.41, 5.74) is 7.83. The van der Waals surface area contributed by atoms with Gasteiger partial charge in [0.1, 0.15) is 5.01 Å². The number of aromatic nitrogens is 1. The first-order chi connectivity index (χ1) is 8.19. The van der Waals surface area contributed by atoms with E-state index in [9.17, 15) is 0 Å². The third-order valence-corrected chi connectivity index (χ3v) is 3.19. The molecule has 5 heteroatoms. The van der Waals surface area contributed by atoms with Crippen LogP contribution in [0.4, 0.5) is 11.4 Å². The zero-order chi connectivity index (χ0) is 12.3. The van der Waals surface area contributed by atoms with Crippen molar-refractivity contribution in [1.29, 1.82) is 5.26 Å². The van der Waals surface area contributed by atoms with Crippen molar-refractivity contribution in [3.8, 4) is 6.07 Å². The van der Waals surface area contributed by atoms with Crippen LogP contribution >= 0.6 is 11.3 Å². The Morgan fingerprint density at radius 3 is 3.00 bits per heavy atom. The topological polar surface area (TPSA) is 74.7 Å². The fraction of sp³-hybridized carbons (Fsp3) is 0.167. The lowest BCUT2D eigenvalue weighted by molar-refractivity contribution is 1.10. The molecule has 0 atom stereocenters. The highest BCUT2D eigenvalue weighted by Crippen LogP contribution is 2.21. The van der Waals surface area contributed by atoms with Gasteiger partial charge in [0.05, 0.1) is 29.6 Å². The number of nitrogens with two attached hydrogens (primary N) is 1. The van der Waals surface area contributed by atoms with Crippen molar-refractivity contribution in [2.45, 2.75) is 13.5 Å². The molecule has 86 valence electrons. The van der Waals surface area contributed by atoms with Crippen molar-refractivity contribution in [3.63, 3.8) is 0 Å². The highest BCUT2D eigenvalue weighted by molar-refractivity contribution is 7.11. The lowest BCUT2D eigenvalue weighted by Crippen LogP contribution is -2.02. The van der Waals surface area contributed by atoms with Gasteiger partial charge < -0.3 is 11.1 Å². The van der Waals surface area contributed by atoms with Gasteiger partial charge >= 0.3 is 0 Å². The Hall–Kier alpha value is -2.06. The van der Waals surface area contributed by atoms with Gasteiger partial charge in [0.2, 0.25) is 0 Å². The standard InChI is InChI=1S/C12H12N4S/c1-8-6-16-12(17-8)7-15-11-4-9(5-13)2-3-10(11)14/h2-4,6,15H,7,14H2,1H3. The smallest absolute Gasteiger partial charge is 0.112 e. The lowest BCUT2D eigenvalue weighted by Gasteiger charge is -2.07. The Bertz CT molecular complexity index is 568. The van der Waals surface area contributed by atoms with Gasteiger partial charge in [-0.1, -0.05) is 0 Å². The normalized spacial score (nSPS) is 9.88. The van der Waals surface area contributed by atoms with Crippen molar-refractivity contribution in [3.05, 3.63) is 39.8 Å². The van der Waals surface area contributed by atoms with Gasteiger partial charge in [-0.15, -0.1) is 11.3 Å². The molecule has 0 saturated heterocycles. The second kappa shape index (κ2) is 4.85. The number of hydrogen-bond acceptors (Lipinski definition) is 5. The molecule has 3 N–H and O–H groups in total. The fourth-order valence-electron chi connectivity index (χ4n) is 1.43. The summed E-state index contributed by atoms with van der Waals surface area (Å²) in [5, 5.41) is 13.0. The van der Waals surface area contributed by atoms with E-state index in [1.165, 1.54) is 4.88 Å². The van der Waals surface area contributed by atoms with Gasteiger partial charge in [-0.3, -0.25) is 0 Å². The van der Waals surface area contributed by atoms with E-state index >= 15 is 0 Å². The predicted octanol–water partition coefficient (Wildman–Crippen LogP) is 2.52. The van der Waals surface area contributed by atoms with Crippen LogP contribution in [0.25, 0.3) is 0 Å². The maximum Gasteiger partial charge on any atom is 0.112 e. The third-order valence-electron chi connectivity index (χ3n) is 2.28. The number of nitriles is 1. The monoisotopic (exact) mass is 244 g/mol. The van der Waals surface area contributed by atoms with E-state index in [1.54, 1.807) is 29.5 Å². The minimum Gasteiger partial charge on any atom is -0.397 e. The maximum atomic E-state index is 8.81. The number of anilines is 2. The second-order valence-corrected chi connectivity index (χ2v) is 4.95. The highest BCUT2D eigenvalue weighted by Gasteiger charge is 2.02. The number of rotatable bonds is 3. The molecular formula is C12H12N4S. The average molecular weight is 244 g/mol. The van der Waals surface area contributed by atoms with Crippen LogP contribution in [0.3, 0.4) is 0 Å². The Morgan fingerprint density at radius 2 is 2.35 bits per heavy atom. The van der Waals surface area contributed by atoms with Crippen LogP contribution in [0.15, 0.2) is 24.4 Å². The zero-order valence-corrected chi connectivity index (χ0v) is 10.2. The Kier molecular flexibility index (Phi) is 3.26. The molecule has 0 unspecified atom stereocenters.